The van der Waals surface area contributed by atoms with Crippen LogP contribution < -0.4 is 10.6 Å². The maximum Gasteiger partial charge on any atom is 0.317 e. The van der Waals surface area contributed by atoms with E-state index in [-0.39, 0.29) is 12.1 Å². The molecule has 2 aromatic rings. The Balaban J connectivity index is 1.50. The zero-order valence-electron chi connectivity index (χ0n) is 13.1. The molecule has 0 radical (unpaired) electrons. The molecule has 0 aliphatic carbocycles. The van der Waals surface area contributed by atoms with Crippen molar-refractivity contribution < 1.29 is 4.79 Å². The summed E-state index contributed by atoms with van der Waals surface area (Å²) in [6.07, 6.45) is 2.05. The number of para-hydroxylation sites is 1. The number of nitrogens with zero attached hydrogens (tertiary/aromatic N) is 5. The van der Waals surface area contributed by atoms with Gasteiger partial charge in [0.15, 0.2) is 5.82 Å². The van der Waals surface area contributed by atoms with E-state index in [1.807, 2.05) is 35.2 Å². The molecule has 1 fully saturated rings. The van der Waals surface area contributed by atoms with Gasteiger partial charge in [-0.15, -0.1) is 10.2 Å². The summed E-state index contributed by atoms with van der Waals surface area (Å²) in [7, 11) is 1.70. The van der Waals surface area contributed by atoms with Gasteiger partial charge >= 0.3 is 6.03 Å². The maximum atomic E-state index is 12.3. The van der Waals surface area contributed by atoms with Crippen molar-refractivity contribution in [1.82, 2.24) is 30.4 Å². The lowest BCUT2D eigenvalue weighted by Crippen LogP contribution is -2.49. The van der Waals surface area contributed by atoms with Crippen molar-refractivity contribution in [2.75, 3.05) is 18.4 Å². The van der Waals surface area contributed by atoms with Gasteiger partial charge < -0.3 is 15.5 Å². The minimum atomic E-state index is -0.0861. The van der Waals surface area contributed by atoms with E-state index in [1.54, 1.807) is 7.05 Å². The van der Waals surface area contributed by atoms with Crippen LogP contribution >= 0.6 is 0 Å². The highest BCUT2D eigenvalue weighted by molar-refractivity contribution is 5.74. The fraction of sp³-hybridized carbons (Fsp3) is 0.467. The normalized spacial score (nSPS) is 17.8. The van der Waals surface area contributed by atoms with Crippen LogP contribution in [-0.2, 0) is 13.6 Å². The van der Waals surface area contributed by atoms with E-state index in [2.05, 4.69) is 26.0 Å². The summed E-state index contributed by atoms with van der Waals surface area (Å²) in [5.74, 6) is 0.511. The monoisotopic (exact) mass is 315 g/mol. The first kappa shape index (κ1) is 15.3. The molecule has 8 nitrogen and oxygen atoms in total. The molecule has 2 amide bonds. The number of hydrogen-bond acceptors (Lipinski definition) is 5. The summed E-state index contributed by atoms with van der Waals surface area (Å²) in [4.78, 5) is 15.5. The SMILES string of the molecule is Cn1nnc(CNC(=O)N2CCCC(Nc3ccccc3)C2)n1. The van der Waals surface area contributed by atoms with Gasteiger partial charge in [0.1, 0.15) is 0 Å². The lowest BCUT2D eigenvalue weighted by molar-refractivity contribution is 0.182. The number of amides is 2. The number of tetrazole rings is 1. The highest BCUT2D eigenvalue weighted by atomic mass is 16.2. The third-order valence-electron chi connectivity index (χ3n) is 3.80. The van der Waals surface area contributed by atoms with Gasteiger partial charge in [-0.2, -0.15) is 4.80 Å². The molecule has 0 saturated carbocycles. The molecular formula is C15H21N7O. The standard InChI is InChI=1S/C15H21N7O/c1-21-19-14(18-20-21)10-16-15(23)22-9-5-8-13(11-22)17-12-6-3-2-4-7-12/h2-4,6-7,13,17H,5,8-11H2,1H3,(H,16,23). The van der Waals surface area contributed by atoms with Gasteiger partial charge in [-0.05, 0) is 30.2 Å². The number of nitrogens with one attached hydrogen (secondary N) is 2. The van der Waals surface area contributed by atoms with Crippen LogP contribution in [0.3, 0.4) is 0 Å². The quantitative estimate of drug-likeness (QED) is 0.878. The molecule has 1 aromatic carbocycles. The molecule has 2 heterocycles. The van der Waals surface area contributed by atoms with E-state index in [9.17, 15) is 4.79 Å². The molecule has 1 unspecified atom stereocenters. The number of carbonyl (C=O) groups excluding carboxylic acids is 1. The Labute approximate surface area is 134 Å². The average Bonchev–Trinajstić information content (AvgIpc) is 2.99. The number of aryl methyl sites for hydroxylation is 1. The highest BCUT2D eigenvalue weighted by Gasteiger charge is 2.23. The predicted molar refractivity (Wildman–Crippen MR) is 85.7 cm³/mol. The minimum absolute atomic E-state index is 0.0861. The number of hydrogen-bond donors (Lipinski definition) is 2. The average molecular weight is 315 g/mol. The largest absolute Gasteiger partial charge is 0.381 e. The van der Waals surface area contributed by atoms with Gasteiger partial charge in [0.25, 0.3) is 0 Å². The highest BCUT2D eigenvalue weighted by Crippen LogP contribution is 2.16. The molecule has 0 spiro atoms. The first-order chi connectivity index (χ1) is 11.2. The van der Waals surface area contributed by atoms with Gasteiger partial charge in [-0.1, -0.05) is 18.2 Å². The predicted octanol–water partition coefficient (Wildman–Crippen LogP) is 0.996. The van der Waals surface area contributed by atoms with Crippen molar-refractivity contribution in [1.29, 1.82) is 0 Å². The molecule has 1 aliphatic rings. The van der Waals surface area contributed by atoms with Crippen LogP contribution in [0.4, 0.5) is 10.5 Å². The van der Waals surface area contributed by atoms with Gasteiger partial charge in [0.05, 0.1) is 13.6 Å². The molecule has 1 aromatic heterocycles. The van der Waals surface area contributed by atoms with E-state index in [4.69, 9.17) is 0 Å². The number of aromatic nitrogens is 4. The van der Waals surface area contributed by atoms with Crippen molar-refractivity contribution in [3.8, 4) is 0 Å². The van der Waals surface area contributed by atoms with E-state index >= 15 is 0 Å². The van der Waals surface area contributed by atoms with Crippen molar-refractivity contribution in [2.45, 2.75) is 25.4 Å². The molecule has 122 valence electrons. The van der Waals surface area contributed by atoms with Crippen molar-refractivity contribution in [3.05, 3.63) is 36.2 Å². The number of rotatable bonds is 4. The third kappa shape index (κ3) is 4.18. The number of carbonyl (C=O) groups is 1. The van der Waals surface area contributed by atoms with Crippen LogP contribution in [0, 0.1) is 0 Å². The van der Waals surface area contributed by atoms with Crippen molar-refractivity contribution >= 4 is 11.7 Å². The Bertz CT molecular complexity index is 642. The second-order valence-corrected chi connectivity index (χ2v) is 5.65. The van der Waals surface area contributed by atoms with E-state index in [0.29, 0.717) is 18.9 Å². The summed E-state index contributed by atoms with van der Waals surface area (Å²) >= 11 is 0. The van der Waals surface area contributed by atoms with Crippen LogP contribution in [0.5, 0.6) is 0 Å². The molecule has 3 rings (SSSR count). The first-order valence-corrected chi connectivity index (χ1v) is 7.78. The third-order valence-corrected chi connectivity index (χ3v) is 3.80. The molecule has 8 heteroatoms. The summed E-state index contributed by atoms with van der Waals surface area (Å²) in [6, 6.07) is 10.3. The van der Waals surface area contributed by atoms with E-state index < -0.39 is 0 Å². The molecule has 2 N–H and O–H groups in total. The summed E-state index contributed by atoms with van der Waals surface area (Å²) in [5, 5.41) is 18.0. The number of urea groups is 1. The molecule has 23 heavy (non-hydrogen) atoms. The van der Waals surface area contributed by atoms with Crippen LogP contribution in [-0.4, -0.2) is 50.3 Å². The second-order valence-electron chi connectivity index (χ2n) is 5.65. The topological polar surface area (TPSA) is 88.0 Å². The Kier molecular flexibility index (Phi) is 4.70. The number of piperidine rings is 1. The first-order valence-electron chi connectivity index (χ1n) is 7.78. The van der Waals surface area contributed by atoms with Gasteiger partial charge in [0.2, 0.25) is 0 Å². The van der Waals surface area contributed by atoms with Crippen LogP contribution in [0.1, 0.15) is 18.7 Å². The summed E-state index contributed by atoms with van der Waals surface area (Å²) in [6.45, 7) is 1.75. The summed E-state index contributed by atoms with van der Waals surface area (Å²) in [5.41, 5.74) is 1.09. The number of anilines is 1. The number of likely N-dealkylation sites (tertiary alicyclic amines) is 1. The Morgan fingerprint density at radius 1 is 1.35 bits per heavy atom. The Morgan fingerprint density at radius 3 is 2.91 bits per heavy atom. The molecule has 0 bridgehead atoms. The van der Waals surface area contributed by atoms with E-state index in [0.717, 1.165) is 25.1 Å². The zero-order chi connectivity index (χ0) is 16.1. The van der Waals surface area contributed by atoms with Crippen molar-refractivity contribution in [3.63, 3.8) is 0 Å². The van der Waals surface area contributed by atoms with Gasteiger partial charge in [0, 0.05) is 24.8 Å². The fourth-order valence-corrected chi connectivity index (χ4v) is 2.71. The Hall–Kier alpha value is -2.64. The van der Waals surface area contributed by atoms with Crippen LogP contribution in [0.15, 0.2) is 30.3 Å². The van der Waals surface area contributed by atoms with Crippen molar-refractivity contribution in [2.24, 2.45) is 7.05 Å². The second kappa shape index (κ2) is 7.08. The summed E-state index contributed by atoms with van der Waals surface area (Å²) < 4.78 is 0. The van der Waals surface area contributed by atoms with Crippen LogP contribution in [0.2, 0.25) is 0 Å². The number of benzene rings is 1. The zero-order valence-corrected chi connectivity index (χ0v) is 13.1. The fourth-order valence-electron chi connectivity index (χ4n) is 2.71. The minimum Gasteiger partial charge on any atom is -0.381 e. The lowest BCUT2D eigenvalue weighted by atomic mass is 10.1. The maximum absolute atomic E-state index is 12.3. The molecule has 1 atom stereocenters. The molecular weight excluding hydrogens is 294 g/mol. The molecule has 1 saturated heterocycles. The molecule has 1 aliphatic heterocycles. The smallest absolute Gasteiger partial charge is 0.317 e. The van der Waals surface area contributed by atoms with Crippen LogP contribution in [0.25, 0.3) is 0 Å². The van der Waals surface area contributed by atoms with E-state index in [1.165, 1.54) is 4.80 Å². The Morgan fingerprint density at radius 2 is 2.17 bits per heavy atom. The van der Waals surface area contributed by atoms with Gasteiger partial charge in [-0.3, -0.25) is 0 Å². The lowest BCUT2D eigenvalue weighted by Gasteiger charge is -2.33. The van der Waals surface area contributed by atoms with Gasteiger partial charge in [-0.25, -0.2) is 4.79 Å².